The maximum Gasteiger partial charge on any atom is 0.211 e. The van der Waals surface area contributed by atoms with Gasteiger partial charge in [-0.1, -0.05) is 11.8 Å². The van der Waals surface area contributed by atoms with E-state index in [0.29, 0.717) is 0 Å². The van der Waals surface area contributed by atoms with Gasteiger partial charge in [0, 0.05) is 59.6 Å². The Balaban J connectivity index is 1.29. The second kappa shape index (κ2) is 8.41. The monoisotopic (exact) mass is 476 g/mol. The molecular formula is C25H28N6O2S. The predicted molar refractivity (Wildman–Crippen MR) is 133 cm³/mol. The first-order valence-corrected chi connectivity index (χ1v) is 12.4. The van der Waals surface area contributed by atoms with Crippen LogP contribution in [-0.4, -0.2) is 58.3 Å². The summed E-state index contributed by atoms with van der Waals surface area (Å²) in [5.41, 5.74) is 8.43. The zero-order valence-electron chi connectivity index (χ0n) is 19.3. The van der Waals surface area contributed by atoms with Crippen LogP contribution in [0.25, 0.3) is 16.6 Å². The number of anilines is 1. The van der Waals surface area contributed by atoms with Crippen LogP contribution in [-0.2, 0) is 4.74 Å². The molecule has 2 atom stereocenters. The molecule has 0 unspecified atom stereocenters. The summed E-state index contributed by atoms with van der Waals surface area (Å²) in [5, 5.41) is 1.05. The van der Waals surface area contributed by atoms with Gasteiger partial charge < -0.3 is 20.1 Å². The van der Waals surface area contributed by atoms with E-state index in [0.717, 1.165) is 70.6 Å². The van der Waals surface area contributed by atoms with Crippen molar-refractivity contribution in [1.29, 1.82) is 0 Å². The second-order valence-electron chi connectivity index (χ2n) is 9.23. The minimum atomic E-state index is 0.0865. The van der Waals surface area contributed by atoms with Gasteiger partial charge in [0.15, 0.2) is 5.65 Å². The molecule has 2 saturated heterocycles. The Bertz CT molecular complexity index is 1350. The molecule has 176 valence electrons. The number of nitrogens with zero attached hydrogens (tertiary/aromatic N) is 5. The van der Waals surface area contributed by atoms with E-state index < -0.39 is 0 Å². The van der Waals surface area contributed by atoms with Crippen LogP contribution >= 0.6 is 11.8 Å². The summed E-state index contributed by atoms with van der Waals surface area (Å²) < 4.78 is 13.4. The van der Waals surface area contributed by atoms with Crippen LogP contribution < -0.4 is 15.4 Å². The van der Waals surface area contributed by atoms with E-state index in [1.165, 1.54) is 0 Å². The minimum absolute atomic E-state index is 0.0865. The van der Waals surface area contributed by atoms with Crippen molar-refractivity contribution in [2.24, 2.45) is 11.1 Å². The molecule has 0 amide bonds. The summed E-state index contributed by atoms with van der Waals surface area (Å²) in [6, 6.07) is 8.06. The van der Waals surface area contributed by atoms with Crippen molar-refractivity contribution in [2.75, 3.05) is 31.7 Å². The Labute approximate surface area is 202 Å². The molecule has 0 saturated carbocycles. The molecule has 5 heterocycles. The molecule has 2 aliphatic heterocycles. The van der Waals surface area contributed by atoms with Crippen LogP contribution in [0.5, 0.6) is 5.75 Å². The fourth-order valence-corrected chi connectivity index (χ4v) is 6.24. The molecule has 4 aromatic rings. The number of aromatic nitrogens is 4. The average Bonchev–Trinajstić information content (AvgIpc) is 3.47. The second-order valence-corrected chi connectivity index (χ2v) is 10.3. The Morgan fingerprint density at radius 2 is 1.97 bits per heavy atom. The van der Waals surface area contributed by atoms with Crippen LogP contribution in [0.3, 0.4) is 0 Å². The molecule has 1 spiro atoms. The van der Waals surface area contributed by atoms with Gasteiger partial charge in [0.05, 0.1) is 30.2 Å². The van der Waals surface area contributed by atoms with Gasteiger partial charge in [-0.3, -0.25) is 9.38 Å². The van der Waals surface area contributed by atoms with Gasteiger partial charge in [0.25, 0.3) is 0 Å². The Kier molecular flexibility index (Phi) is 5.35. The fourth-order valence-electron chi connectivity index (χ4n) is 5.25. The van der Waals surface area contributed by atoms with Gasteiger partial charge in [0.1, 0.15) is 5.75 Å². The van der Waals surface area contributed by atoms with Crippen LogP contribution in [0.2, 0.25) is 0 Å². The summed E-state index contributed by atoms with van der Waals surface area (Å²) >= 11 is 1.65. The number of methoxy groups -OCH3 is 1. The van der Waals surface area contributed by atoms with Gasteiger partial charge in [-0.15, -0.1) is 0 Å². The maximum atomic E-state index is 6.51. The van der Waals surface area contributed by atoms with E-state index in [2.05, 4.69) is 26.2 Å². The topological polar surface area (TPSA) is 90.8 Å². The molecule has 9 heteroatoms. The number of nitrogens with two attached hydrogens (primary N) is 1. The van der Waals surface area contributed by atoms with E-state index in [-0.39, 0.29) is 17.6 Å². The summed E-state index contributed by atoms with van der Waals surface area (Å²) in [6.45, 7) is 4.66. The van der Waals surface area contributed by atoms with Crippen LogP contribution in [0.1, 0.15) is 19.8 Å². The standard InChI is InChI=1S/C25H28N6O2S/c1-16-22(26)25(15-33-16)6-10-30(11-7-25)24-29-14-21(23-28-9-12-31(23)24)34-20-5-8-27-19-4-3-17(32-2)13-18(19)20/h3-5,8-9,12-14,16,22H,6-7,10-11,15,26H2,1-2H3/t16-,22+/m0/s1. The van der Waals surface area contributed by atoms with Gasteiger partial charge in [-0.05, 0) is 44.0 Å². The van der Waals surface area contributed by atoms with E-state index in [9.17, 15) is 0 Å². The number of imidazole rings is 1. The lowest BCUT2D eigenvalue weighted by molar-refractivity contribution is 0.0973. The van der Waals surface area contributed by atoms with Gasteiger partial charge in [-0.25, -0.2) is 9.97 Å². The molecule has 8 nitrogen and oxygen atoms in total. The number of piperidine rings is 1. The van der Waals surface area contributed by atoms with E-state index in [1.54, 1.807) is 18.9 Å². The number of pyridine rings is 1. The molecule has 0 aliphatic carbocycles. The molecule has 34 heavy (non-hydrogen) atoms. The lowest BCUT2D eigenvalue weighted by Gasteiger charge is -2.41. The predicted octanol–water partition coefficient (Wildman–Crippen LogP) is 3.77. The maximum absolute atomic E-state index is 6.51. The smallest absolute Gasteiger partial charge is 0.211 e. The molecule has 0 radical (unpaired) electrons. The first-order chi connectivity index (χ1) is 16.6. The molecule has 0 bridgehead atoms. The Hall–Kier alpha value is -2.88. The molecular weight excluding hydrogens is 448 g/mol. The van der Waals surface area contributed by atoms with Crippen LogP contribution in [0, 0.1) is 5.41 Å². The summed E-state index contributed by atoms with van der Waals surface area (Å²) in [6.07, 6.45) is 9.76. The minimum Gasteiger partial charge on any atom is -0.497 e. The van der Waals surface area contributed by atoms with E-state index >= 15 is 0 Å². The molecule has 3 aromatic heterocycles. The van der Waals surface area contributed by atoms with E-state index in [4.69, 9.17) is 20.2 Å². The van der Waals surface area contributed by atoms with Gasteiger partial charge in [0.2, 0.25) is 5.95 Å². The molecule has 2 aliphatic rings. The average molecular weight is 477 g/mol. The van der Waals surface area contributed by atoms with Crippen molar-refractivity contribution < 1.29 is 9.47 Å². The third-order valence-corrected chi connectivity index (χ3v) is 8.47. The molecule has 2 N–H and O–H groups in total. The summed E-state index contributed by atoms with van der Waals surface area (Å²) in [4.78, 5) is 18.5. The quantitative estimate of drug-likeness (QED) is 0.476. The van der Waals surface area contributed by atoms with Crippen molar-refractivity contribution in [2.45, 2.75) is 41.7 Å². The van der Waals surface area contributed by atoms with Crippen molar-refractivity contribution in [1.82, 2.24) is 19.4 Å². The first kappa shape index (κ1) is 21.6. The van der Waals surface area contributed by atoms with Crippen molar-refractivity contribution in [3.63, 3.8) is 0 Å². The largest absolute Gasteiger partial charge is 0.497 e. The third kappa shape index (κ3) is 3.50. The molecule has 1 aromatic carbocycles. The highest BCUT2D eigenvalue weighted by Gasteiger charge is 2.47. The fraction of sp³-hybridized carbons (Fsp3) is 0.400. The lowest BCUT2D eigenvalue weighted by Crippen LogP contribution is -2.51. The van der Waals surface area contributed by atoms with Gasteiger partial charge >= 0.3 is 0 Å². The highest BCUT2D eigenvalue weighted by atomic mass is 32.2. The van der Waals surface area contributed by atoms with Crippen molar-refractivity contribution >= 4 is 34.3 Å². The Morgan fingerprint density at radius 1 is 1.12 bits per heavy atom. The number of hydrogen-bond acceptors (Lipinski definition) is 8. The van der Waals surface area contributed by atoms with Crippen LogP contribution in [0.4, 0.5) is 5.95 Å². The SMILES string of the molecule is COc1ccc2nccc(Sc3cnc(N4CCC5(CC4)CO[C@@H](C)[C@H]5N)n4ccnc34)c2c1. The lowest BCUT2D eigenvalue weighted by atomic mass is 9.73. The van der Waals surface area contributed by atoms with E-state index in [1.807, 2.05) is 49.1 Å². The summed E-state index contributed by atoms with van der Waals surface area (Å²) in [7, 11) is 1.68. The summed E-state index contributed by atoms with van der Waals surface area (Å²) in [5.74, 6) is 1.74. The first-order valence-electron chi connectivity index (χ1n) is 11.6. The number of hydrogen-bond donors (Lipinski definition) is 1. The highest BCUT2D eigenvalue weighted by Crippen LogP contribution is 2.42. The highest BCUT2D eigenvalue weighted by molar-refractivity contribution is 7.99. The number of fused-ring (bicyclic) bond motifs is 2. The van der Waals surface area contributed by atoms with Gasteiger partial charge in [-0.2, -0.15) is 0 Å². The van der Waals surface area contributed by atoms with Crippen molar-refractivity contribution in [3.05, 3.63) is 49.1 Å². The number of rotatable bonds is 4. The number of ether oxygens (including phenoxy) is 2. The zero-order chi connectivity index (χ0) is 23.3. The van der Waals surface area contributed by atoms with Crippen molar-refractivity contribution in [3.8, 4) is 5.75 Å². The zero-order valence-corrected chi connectivity index (χ0v) is 20.2. The molecule has 6 rings (SSSR count). The Morgan fingerprint density at radius 3 is 2.74 bits per heavy atom. The van der Waals surface area contributed by atoms with Crippen LogP contribution in [0.15, 0.2) is 58.8 Å². The third-order valence-electron chi connectivity index (χ3n) is 7.39. The molecule has 2 fully saturated rings. The normalized spacial score (nSPS) is 22.1. The number of benzene rings is 1.